The number of rotatable bonds is 9. The number of methoxy groups -OCH3 is 1. The number of nitrogens with two attached hydrogens (primary N) is 1. The number of carbonyl (C=O) groups is 1. The van der Waals surface area contributed by atoms with E-state index in [1.54, 1.807) is 7.11 Å². The van der Waals surface area contributed by atoms with Gasteiger partial charge in [0.1, 0.15) is 5.75 Å². The van der Waals surface area contributed by atoms with Gasteiger partial charge in [0.25, 0.3) is 0 Å². The van der Waals surface area contributed by atoms with E-state index >= 15 is 0 Å². The highest BCUT2D eigenvalue weighted by molar-refractivity contribution is 5.84. The molecule has 0 spiro atoms. The maximum atomic E-state index is 11.7. The van der Waals surface area contributed by atoms with Gasteiger partial charge in [0.15, 0.2) is 0 Å². The number of amides is 1. The summed E-state index contributed by atoms with van der Waals surface area (Å²) in [5.74, 6) is 0.453. The van der Waals surface area contributed by atoms with Crippen molar-refractivity contribution in [1.82, 2.24) is 5.32 Å². The molecule has 21 heavy (non-hydrogen) atoms. The topological polar surface area (TPSA) is 73.6 Å². The summed E-state index contributed by atoms with van der Waals surface area (Å²) in [6.45, 7) is 2.84. The van der Waals surface area contributed by atoms with Crippen LogP contribution in [0.3, 0.4) is 0 Å². The first-order chi connectivity index (χ1) is 10.0. The van der Waals surface area contributed by atoms with Crippen LogP contribution in [-0.4, -0.2) is 31.2 Å². The van der Waals surface area contributed by atoms with E-state index in [1.165, 1.54) is 0 Å². The number of nitrogens with one attached hydrogen (secondary N) is 1. The summed E-state index contributed by atoms with van der Waals surface area (Å²) in [5.41, 5.74) is 5.87. The molecule has 5 nitrogen and oxygen atoms in total. The number of carbonyl (C=O) groups excluding carboxylic acids is 1. The smallest absolute Gasteiger partial charge is 0.237 e. The van der Waals surface area contributed by atoms with Gasteiger partial charge in [-0.15, -0.1) is 0 Å². The zero-order valence-electron chi connectivity index (χ0n) is 12.7. The van der Waals surface area contributed by atoms with Crippen molar-refractivity contribution in [2.75, 3.05) is 13.7 Å². The first-order valence-corrected chi connectivity index (χ1v) is 7.32. The molecular weight excluding hydrogens is 268 g/mol. The normalized spacial score (nSPS) is 17.2. The summed E-state index contributed by atoms with van der Waals surface area (Å²) in [6.07, 6.45) is 2.78. The van der Waals surface area contributed by atoms with Gasteiger partial charge in [0.2, 0.25) is 5.91 Å². The van der Waals surface area contributed by atoms with Crippen molar-refractivity contribution >= 4 is 5.91 Å². The average molecular weight is 292 g/mol. The zero-order valence-corrected chi connectivity index (χ0v) is 12.7. The van der Waals surface area contributed by atoms with E-state index in [9.17, 15) is 4.79 Å². The van der Waals surface area contributed by atoms with E-state index in [-0.39, 0.29) is 5.91 Å². The molecule has 0 aliphatic heterocycles. The molecule has 0 aromatic heterocycles. The summed E-state index contributed by atoms with van der Waals surface area (Å²) < 4.78 is 10.8. The maximum Gasteiger partial charge on any atom is 0.237 e. The van der Waals surface area contributed by atoms with Crippen LogP contribution in [0, 0.1) is 0 Å². The van der Waals surface area contributed by atoms with Crippen LogP contribution in [0.4, 0.5) is 0 Å². The predicted octanol–water partition coefficient (Wildman–Crippen LogP) is 1.60. The molecule has 2 rings (SSSR count). The van der Waals surface area contributed by atoms with Gasteiger partial charge in [-0.1, -0.05) is 12.1 Å². The molecule has 1 aromatic rings. The number of primary amides is 1. The van der Waals surface area contributed by atoms with E-state index in [4.69, 9.17) is 15.2 Å². The summed E-state index contributed by atoms with van der Waals surface area (Å²) in [7, 11) is 1.66. The van der Waals surface area contributed by atoms with Gasteiger partial charge in [-0.2, -0.15) is 0 Å². The maximum absolute atomic E-state index is 11.7. The molecule has 3 N–H and O–H groups in total. The largest absolute Gasteiger partial charge is 0.493 e. The van der Waals surface area contributed by atoms with Crippen LogP contribution in [0.15, 0.2) is 24.3 Å². The van der Waals surface area contributed by atoms with Crippen LogP contribution < -0.4 is 15.8 Å². The molecule has 116 valence electrons. The molecule has 0 radical (unpaired) electrons. The van der Waals surface area contributed by atoms with Gasteiger partial charge in [-0.25, -0.2) is 0 Å². The lowest BCUT2D eigenvalue weighted by Gasteiger charge is -2.27. The average Bonchev–Trinajstić information content (AvgIpc) is 3.23. The van der Waals surface area contributed by atoms with Crippen molar-refractivity contribution in [1.29, 1.82) is 0 Å². The van der Waals surface area contributed by atoms with E-state index < -0.39 is 5.54 Å². The second kappa shape index (κ2) is 6.91. The van der Waals surface area contributed by atoms with Gasteiger partial charge in [-0.05, 0) is 37.5 Å². The predicted molar refractivity (Wildman–Crippen MR) is 81.0 cm³/mol. The monoisotopic (exact) mass is 292 g/mol. The van der Waals surface area contributed by atoms with Crippen LogP contribution in [0.25, 0.3) is 0 Å². The highest BCUT2D eigenvalue weighted by Crippen LogP contribution is 2.24. The molecule has 1 unspecified atom stereocenters. The van der Waals surface area contributed by atoms with Crippen LogP contribution >= 0.6 is 0 Å². The summed E-state index contributed by atoms with van der Waals surface area (Å²) in [4.78, 5) is 11.7. The third-order valence-corrected chi connectivity index (χ3v) is 3.72. The molecular formula is C16H24N2O3. The Kier molecular flexibility index (Phi) is 5.20. The zero-order chi connectivity index (χ0) is 15.3. The molecule has 1 atom stereocenters. The Hall–Kier alpha value is -1.59. The fourth-order valence-electron chi connectivity index (χ4n) is 2.21. The molecule has 1 amide bonds. The minimum atomic E-state index is -0.703. The van der Waals surface area contributed by atoms with Crippen molar-refractivity contribution in [2.24, 2.45) is 5.73 Å². The number of ether oxygens (including phenoxy) is 2. The molecule has 0 heterocycles. The van der Waals surface area contributed by atoms with Crippen LogP contribution in [0.1, 0.15) is 31.7 Å². The van der Waals surface area contributed by atoms with Crippen molar-refractivity contribution in [3.8, 4) is 5.75 Å². The van der Waals surface area contributed by atoms with E-state index in [1.807, 2.05) is 31.2 Å². The van der Waals surface area contributed by atoms with Crippen molar-refractivity contribution in [3.63, 3.8) is 0 Å². The molecule has 5 heteroatoms. The van der Waals surface area contributed by atoms with Crippen molar-refractivity contribution in [3.05, 3.63) is 29.8 Å². The van der Waals surface area contributed by atoms with E-state index in [2.05, 4.69) is 5.32 Å². The Labute approximate surface area is 125 Å². The third kappa shape index (κ3) is 4.72. The highest BCUT2D eigenvalue weighted by Gasteiger charge is 2.36. The summed E-state index contributed by atoms with van der Waals surface area (Å²) >= 11 is 0. The minimum absolute atomic E-state index is 0.328. The van der Waals surface area contributed by atoms with Crippen LogP contribution in [-0.2, 0) is 16.1 Å². The first-order valence-electron chi connectivity index (χ1n) is 7.32. The van der Waals surface area contributed by atoms with Gasteiger partial charge in [0, 0.05) is 19.6 Å². The van der Waals surface area contributed by atoms with E-state index in [0.717, 1.165) is 24.2 Å². The number of hydrogen-bond acceptors (Lipinski definition) is 4. The SMILES string of the molecule is COCc1cccc(OCCC(C)(NC2CC2)C(N)=O)c1. The molecule has 0 bridgehead atoms. The Morgan fingerprint density at radius 3 is 2.86 bits per heavy atom. The molecule has 1 saturated carbocycles. The number of benzene rings is 1. The first kappa shape index (κ1) is 15.8. The van der Waals surface area contributed by atoms with Gasteiger partial charge >= 0.3 is 0 Å². The molecule has 1 aromatic carbocycles. The lowest BCUT2D eigenvalue weighted by atomic mass is 9.97. The lowest BCUT2D eigenvalue weighted by molar-refractivity contribution is -0.124. The number of hydrogen-bond donors (Lipinski definition) is 2. The highest BCUT2D eigenvalue weighted by atomic mass is 16.5. The Balaban J connectivity index is 1.86. The van der Waals surface area contributed by atoms with Gasteiger partial charge in [-0.3, -0.25) is 4.79 Å². The molecule has 1 fully saturated rings. The van der Waals surface area contributed by atoms with Crippen LogP contribution in [0.2, 0.25) is 0 Å². The fourth-order valence-corrected chi connectivity index (χ4v) is 2.21. The quantitative estimate of drug-likeness (QED) is 0.725. The van der Waals surface area contributed by atoms with Gasteiger partial charge < -0.3 is 20.5 Å². The summed E-state index contributed by atoms with van der Waals surface area (Å²) in [6, 6.07) is 8.18. The molecule has 1 aliphatic carbocycles. The van der Waals surface area contributed by atoms with Crippen molar-refractivity contribution < 1.29 is 14.3 Å². The standard InChI is InChI=1S/C16H24N2O3/c1-16(15(17)19,18-13-6-7-13)8-9-21-14-5-3-4-12(10-14)11-20-2/h3-5,10,13,18H,6-9,11H2,1-2H3,(H2,17,19). The fraction of sp³-hybridized carbons (Fsp3) is 0.562. The molecule has 1 aliphatic rings. The Bertz CT molecular complexity index is 488. The summed E-state index contributed by atoms with van der Waals surface area (Å²) in [5, 5.41) is 3.31. The Morgan fingerprint density at radius 1 is 1.48 bits per heavy atom. The molecule has 0 saturated heterocycles. The Morgan fingerprint density at radius 2 is 2.24 bits per heavy atom. The van der Waals surface area contributed by atoms with Crippen LogP contribution in [0.5, 0.6) is 5.75 Å². The second-order valence-electron chi connectivity index (χ2n) is 5.79. The van der Waals surface area contributed by atoms with E-state index in [0.29, 0.717) is 25.7 Å². The van der Waals surface area contributed by atoms with Crippen molar-refractivity contribution in [2.45, 2.75) is 44.4 Å². The van der Waals surface area contributed by atoms with Gasteiger partial charge in [0.05, 0.1) is 18.8 Å². The lowest BCUT2D eigenvalue weighted by Crippen LogP contribution is -2.54. The second-order valence-corrected chi connectivity index (χ2v) is 5.79. The minimum Gasteiger partial charge on any atom is -0.493 e. The third-order valence-electron chi connectivity index (χ3n) is 3.72.